The lowest BCUT2D eigenvalue weighted by Gasteiger charge is -2.12. The van der Waals surface area contributed by atoms with E-state index in [1.807, 2.05) is 0 Å². The van der Waals surface area contributed by atoms with Crippen molar-refractivity contribution in [1.82, 2.24) is 4.83 Å². The molecule has 0 bridgehead atoms. The van der Waals surface area contributed by atoms with Gasteiger partial charge in [0.15, 0.2) is 0 Å². The molecule has 0 radical (unpaired) electrons. The van der Waals surface area contributed by atoms with Crippen LogP contribution < -0.4 is 14.3 Å². The van der Waals surface area contributed by atoms with Crippen LogP contribution in [0.15, 0.2) is 46.4 Å². The normalized spacial score (nSPS) is 11.9. The van der Waals surface area contributed by atoms with Crippen molar-refractivity contribution in [1.29, 1.82) is 0 Å². The first kappa shape index (κ1) is 19.4. The summed E-state index contributed by atoms with van der Waals surface area (Å²) in [5.74, 6) is 0.174. The van der Waals surface area contributed by atoms with E-state index in [2.05, 4.69) is 9.93 Å². The van der Waals surface area contributed by atoms with E-state index in [1.165, 1.54) is 38.5 Å². The van der Waals surface area contributed by atoms with Gasteiger partial charge in [0.25, 0.3) is 10.0 Å². The maximum atomic E-state index is 12.6. The molecule has 3 N–H and O–H groups in total. The summed E-state index contributed by atoms with van der Waals surface area (Å²) in [6, 6.07) is 8.35. The van der Waals surface area contributed by atoms with E-state index in [0.29, 0.717) is 23.4 Å². The second-order valence-corrected chi connectivity index (χ2v) is 6.85. The molecule has 0 heterocycles. The first-order valence-corrected chi connectivity index (χ1v) is 9.13. The molecule has 0 aliphatic rings. The second-order valence-electron chi connectivity index (χ2n) is 5.23. The number of hydrogen-bond donors (Lipinski definition) is 3. The number of hydrazone groups is 1. The number of sulfonamides is 1. The van der Waals surface area contributed by atoms with Crippen molar-refractivity contribution in [2.24, 2.45) is 5.10 Å². The fourth-order valence-corrected chi connectivity index (χ4v) is 3.27. The molecular weight excluding hydrogens is 360 g/mol. The van der Waals surface area contributed by atoms with Gasteiger partial charge >= 0.3 is 0 Å². The minimum atomic E-state index is -4.04. The van der Waals surface area contributed by atoms with Crippen molar-refractivity contribution in [3.8, 4) is 23.0 Å². The molecule has 0 spiro atoms. The van der Waals surface area contributed by atoms with Gasteiger partial charge in [-0.3, -0.25) is 0 Å². The molecule has 0 fully saturated rings. The highest BCUT2D eigenvalue weighted by atomic mass is 32.2. The summed E-state index contributed by atoms with van der Waals surface area (Å²) in [6.45, 7) is 1.76. The molecule has 26 heavy (non-hydrogen) atoms. The van der Waals surface area contributed by atoms with Gasteiger partial charge in [0.2, 0.25) is 0 Å². The molecule has 2 aromatic rings. The van der Waals surface area contributed by atoms with Crippen LogP contribution in [0.1, 0.15) is 18.9 Å². The van der Waals surface area contributed by atoms with Gasteiger partial charge in [-0.25, -0.2) is 0 Å². The molecule has 0 amide bonds. The third kappa shape index (κ3) is 4.17. The van der Waals surface area contributed by atoms with Gasteiger partial charge in [0.1, 0.15) is 27.9 Å². The molecule has 2 rings (SSSR count). The summed E-state index contributed by atoms with van der Waals surface area (Å²) in [5.41, 5.74) is 0.610. The largest absolute Gasteiger partial charge is 0.508 e. The van der Waals surface area contributed by atoms with Crippen molar-refractivity contribution in [2.75, 3.05) is 14.2 Å². The van der Waals surface area contributed by atoms with Crippen LogP contribution in [-0.2, 0) is 10.0 Å². The molecule has 140 valence electrons. The van der Waals surface area contributed by atoms with Crippen LogP contribution >= 0.6 is 0 Å². The summed E-state index contributed by atoms with van der Waals surface area (Å²) < 4.78 is 35.4. The van der Waals surface area contributed by atoms with E-state index in [4.69, 9.17) is 9.47 Å². The third-order valence-corrected chi connectivity index (χ3v) is 4.82. The minimum absolute atomic E-state index is 0.108. The summed E-state index contributed by atoms with van der Waals surface area (Å²) in [7, 11) is -1.26. The topological polar surface area (TPSA) is 117 Å². The third-order valence-electron chi connectivity index (χ3n) is 3.59. The van der Waals surface area contributed by atoms with Gasteiger partial charge in [-0.1, -0.05) is 6.92 Å². The van der Waals surface area contributed by atoms with Crippen LogP contribution in [0.5, 0.6) is 23.0 Å². The molecule has 0 aliphatic heterocycles. The molecule has 0 saturated heterocycles. The van der Waals surface area contributed by atoms with Crippen LogP contribution in [0.4, 0.5) is 0 Å². The average molecular weight is 380 g/mol. The van der Waals surface area contributed by atoms with E-state index in [1.54, 1.807) is 13.0 Å². The van der Waals surface area contributed by atoms with E-state index in [0.717, 1.165) is 6.07 Å². The standard InChI is InChI=1S/C17H20N2O6S/c1-4-14(13-7-5-11(20)9-15(13)21)18-19-26(22,23)17-10-12(24-2)6-8-16(17)25-3/h5-10,19-21H,4H2,1-3H3/b18-14+. The van der Waals surface area contributed by atoms with Gasteiger partial charge < -0.3 is 19.7 Å². The van der Waals surface area contributed by atoms with E-state index < -0.39 is 10.0 Å². The smallest absolute Gasteiger partial charge is 0.280 e. The van der Waals surface area contributed by atoms with Crippen LogP contribution in [0.3, 0.4) is 0 Å². The molecule has 0 saturated carbocycles. The summed E-state index contributed by atoms with van der Waals surface area (Å²) in [5, 5.41) is 23.2. The minimum Gasteiger partial charge on any atom is -0.508 e. The lowest BCUT2D eigenvalue weighted by Crippen LogP contribution is -2.21. The Balaban J connectivity index is 2.40. The lowest BCUT2D eigenvalue weighted by atomic mass is 10.1. The number of nitrogens with zero attached hydrogens (tertiary/aromatic N) is 1. The monoisotopic (exact) mass is 380 g/mol. The first-order valence-electron chi connectivity index (χ1n) is 7.65. The highest BCUT2D eigenvalue weighted by Crippen LogP contribution is 2.28. The summed E-state index contributed by atoms with van der Waals surface area (Å²) in [6.07, 6.45) is 0.343. The molecular formula is C17H20N2O6S. The van der Waals surface area contributed by atoms with E-state index >= 15 is 0 Å². The van der Waals surface area contributed by atoms with Crippen LogP contribution in [0, 0.1) is 0 Å². The fourth-order valence-electron chi connectivity index (χ4n) is 2.25. The van der Waals surface area contributed by atoms with Gasteiger partial charge in [-0.15, -0.1) is 0 Å². The number of phenols is 2. The highest BCUT2D eigenvalue weighted by molar-refractivity contribution is 7.89. The molecule has 0 aromatic heterocycles. The number of nitrogens with one attached hydrogen (secondary N) is 1. The van der Waals surface area contributed by atoms with Crippen LogP contribution in [0.25, 0.3) is 0 Å². The number of rotatable bonds is 7. The van der Waals surface area contributed by atoms with E-state index in [9.17, 15) is 18.6 Å². The van der Waals surface area contributed by atoms with Gasteiger partial charge in [0.05, 0.1) is 19.9 Å². The maximum absolute atomic E-state index is 12.6. The SMILES string of the molecule is CC/C(=N\NS(=O)(=O)c1cc(OC)ccc1OC)c1ccc(O)cc1O. The Hall–Kier alpha value is -2.94. The van der Waals surface area contributed by atoms with Gasteiger partial charge in [-0.2, -0.15) is 18.4 Å². The quantitative estimate of drug-likeness (QED) is 0.501. The number of ether oxygens (including phenoxy) is 2. The number of aromatic hydroxyl groups is 2. The van der Waals surface area contributed by atoms with Crippen molar-refractivity contribution in [3.05, 3.63) is 42.0 Å². The Morgan fingerprint density at radius 3 is 2.42 bits per heavy atom. The maximum Gasteiger partial charge on any atom is 0.280 e. The zero-order valence-corrected chi connectivity index (χ0v) is 15.4. The Morgan fingerprint density at radius 2 is 1.85 bits per heavy atom. The molecule has 2 aromatic carbocycles. The summed E-state index contributed by atoms with van der Waals surface area (Å²) >= 11 is 0. The zero-order valence-electron chi connectivity index (χ0n) is 14.6. The Kier molecular flexibility index (Phi) is 5.93. The number of phenolic OH excluding ortho intramolecular Hbond substituents is 2. The number of hydrogen-bond acceptors (Lipinski definition) is 7. The Bertz CT molecular complexity index is 925. The fraction of sp³-hybridized carbons (Fsp3) is 0.235. The predicted octanol–water partition coefficient (Wildman–Crippen LogP) is 2.21. The van der Waals surface area contributed by atoms with Crippen molar-refractivity contribution in [3.63, 3.8) is 0 Å². The molecule has 0 atom stereocenters. The zero-order chi connectivity index (χ0) is 19.3. The van der Waals surface area contributed by atoms with Crippen LogP contribution in [-0.4, -0.2) is 38.6 Å². The van der Waals surface area contributed by atoms with Crippen LogP contribution in [0.2, 0.25) is 0 Å². The molecule has 0 aliphatic carbocycles. The summed E-state index contributed by atoms with van der Waals surface area (Å²) in [4.78, 5) is 2.01. The molecule has 9 heteroatoms. The second kappa shape index (κ2) is 7.96. The Morgan fingerprint density at radius 1 is 1.12 bits per heavy atom. The van der Waals surface area contributed by atoms with Crippen molar-refractivity contribution in [2.45, 2.75) is 18.2 Å². The van der Waals surface area contributed by atoms with Crippen molar-refractivity contribution >= 4 is 15.7 Å². The van der Waals surface area contributed by atoms with Gasteiger partial charge in [-0.05, 0) is 30.7 Å². The predicted molar refractivity (Wildman–Crippen MR) is 96.5 cm³/mol. The number of benzene rings is 2. The molecule has 8 nitrogen and oxygen atoms in total. The Labute approximate surface area is 151 Å². The molecule has 0 unspecified atom stereocenters. The van der Waals surface area contributed by atoms with Gasteiger partial charge in [0, 0.05) is 17.7 Å². The first-order chi connectivity index (χ1) is 12.3. The highest BCUT2D eigenvalue weighted by Gasteiger charge is 2.21. The van der Waals surface area contributed by atoms with Crippen molar-refractivity contribution < 1.29 is 28.1 Å². The number of methoxy groups -OCH3 is 2. The average Bonchev–Trinajstić information content (AvgIpc) is 2.62. The van der Waals surface area contributed by atoms with E-state index in [-0.39, 0.29) is 22.1 Å². The lowest BCUT2D eigenvalue weighted by molar-refractivity contribution is 0.392.